The van der Waals surface area contributed by atoms with E-state index in [-0.39, 0.29) is 0 Å². The van der Waals surface area contributed by atoms with Crippen molar-refractivity contribution in [3.63, 3.8) is 0 Å². The van der Waals surface area contributed by atoms with Crippen molar-refractivity contribution in [2.45, 2.75) is 72.1 Å². The molecule has 92 valence electrons. The summed E-state index contributed by atoms with van der Waals surface area (Å²) < 4.78 is 5.41. The lowest BCUT2D eigenvalue weighted by atomic mass is 9.73. The largest absolute Gasteiger partial charge is 0.428 e. The molecule has 0 saturated carbocycles. The van der Waals surface area contributed by atoms with Gasteiger partial charge in [0.05, 0.1) is 0 Å². The lowest BCUT2D eigenvalue weighted by Crippen LogP contribution is -2.22. The van der Waals surface area contributed by atoms with E-state index in [0.29, 0.717) is 5.41 Å². The lowest BCUT2D eigenvalue weighted by molar-refractivity contribution is 0.152. The van der Waals surface area contributed by atoms with Crippen molar-refractivity contribution in [1.82, 2.24) is 0 Å². The molecule has 0 fully saturated rings. The summed E-state index contributed by atoms with van der Waals surface area (Å²) in [6.45, 7) is 7.93. The fourth-order valence-corrected chi connectivity index (χ4v) is 2.89. The minimum atomic E-state index is 0.601. The maximum atomic E-state index is 5.41. The van der Waals surface area contributed by atoms with Crippen molar-refractivity contribution < 1.29 is 4.43 Å². The number of hydrogen-bond donors (Lipinski definition) is 0. The average Bonchev–Trinajstić information content (AvgIpc) is 2.24. The first kappa shape index (κ1) is 15.2. The molecule has 1 nitrogen and oxygen atoms in total. The van der Waals surface area contributed by atoms with Crippen LogP contribution in [0, 0.1) is 5.41 Å². The Morgan fingerprint density at radius 2 is 1.47 bits per heavy atom. The predicted molar refractivity (Wildman–Crippen MR) is 72.3 cm³/mol. The summed E-state index contributed by atoms with van der Waals surface area (Å²) in [5.41, 5.74) is 0.601. The zero-order valence-corrected chi connectivity index (χ0v) is 13.3. The van der Waals surface area contributed by atoms with Gasteiger partial charge in [-0.25, -0.2) is 0 Å². The van der Waals surface area contributed by atoms with E-state index in [1.54, 1.807) is 0 Å². The van der Waals surface area contributed by atoms with Crippen molar-refractivity contribution in [2.75, 3.05) is 6.61 Å². The summed E-state index contributed by atoms with van der Waals surface area (Å²) in [4.78, 5) is 0. The van der Waals surface area contributed by atoms with Crippen LogP contribution in [-0.2, 0) is 4.43 Å². The molecule has 0 atom stereocenters. The van der Waals surface area contributed by atoms with Crippen molar-refractivity contribution >= 4 is 10.5 Å². The summed E-state index contributed by atoms with van der Waals surface area (Å²) in [6.07, 6.45) is 10.9. The zero-order chi connectivity index (χ0) is 11.6. The molecule has 0 N–H and O–H groups in total. The number of unbranched alkanes of at least 4 members (excludes halogenated alkanes) is 1. The summed E-state index contributed by atoms with van der Waals surface area (Å²) >= 11 is 0. The standard InChI is InChI=1S/C13H30OSi/c1-4-7-10-13(8-5-2,9-6-3)11-12-14-15/h4-12H2,1-3,15H3. The molecule has 2 heteroatoms. The first-order valence-corrected chi connectivity index (χ1v) is 7.55. The SMILES string of the molecule is CCCCC(CCC)(CCC)CCO[SiH3]. The first-order valence-electron chi connectivity index (χ1n) is 6.73. The third-order valence-corrected chi connectivity index (χ3v) is 3.87. The molecule has 0 aliphatic rings. The molecule has 0 aliphatic carbocycles. The highest BCUT2D eigenvalue weighted by Crippen LogP contribution is 2.38. The average molecular weight is 230 g/mol. The van der Waals surface area contributed by atoms with Crippen LogP contribution in [0.1, 0.15) is 72.1 Å². The van der Waals surface area contributed by atoms with Crippen LogP contribution in [-0.4, -0.2) is 17.1 Å². The topological polar surface area (TPSA) is 9.23 Å². The fourth-order valence-electron chi connectivity index (χ4n) is 2.68. The molecule has 0 aromatic heterocycles. The smallest absolute Gasteiger partial charge is 0.145 e. The molecule has 0 amide bonds. The Balaban J connectivity index is 4.26. The van der Waals surface area contributed by atoms with E-state index in [4.69, 9.17) is 4.43 Å². The molecule has 0 aromatic carbocycles. The van der Waals surface area contributed by atoms with E-state index >= 15 is 0 Å². The third kappa shape index (κ3) is 6.36. The van der Waals surface area contributed by atoms with Crippen molar-refractivity contribution in [1.29, 1.82) is 0 Å². The van der Waals surface area contributed by atoms with Gasteiger partial charge >= 0.3 is 0 Å². The Bertz CT molecular complexity index is 120. The van der Waals surface area contributed by atoms with Crippen LogP contribution >= 0.6 is 0 Å². The van der Waals surface area contributed by atoms with Crippen molar-refractivity contribution in [2.24, 2.45) is 5.41 Å². The van der Waals surface area contributed by atoms with Crippen LogP contribution in [0.25, 0.3) is 0 Å². The number of rotatable bonds is 10. The van der Waals surface area contributed by atoms with Gasteiger partial charge in [0.15, 0.2) is 0 Å². The summed E-state index contributed by atoms with van der Waals surface area (Å²) in [5, 5.41) is 0. The zero-order valence-electron chi connectivity index (χ0n) is 11.3. The molecular formula is C13H30OSi. The summed E-state index contributed by atoms with van der Waals surface area (Å²) in [5.74, 6) is 0. The van der Waals surface area contributed by atoms with Crippen molar-refractivity contribution in [3.8, 4) is 0 Å². The lowest BCUT2D eigenvalue weighted by Gasteiger charge is -2.34. The van der Waals surface area contributed by atoms with Gasteiger partial charge in [0.1, 0.15) is 10.5 Å². The Morgan fingerprint density at radius 3 is 1.87 bits per heavy atom. The van der Waals surface area contributed by atoms with Crippen LogP contribution < -0.4 is 0 Å². The van der Waals surface area contributed by atoms with Crippen LogP contribution in [0.4, 0.5) is 0 Å². The van der Waals surface area contributed by atoms with Gasteiger partial charge in [-0.05, 0) is 31.1 Å². The van der Waals surface area contributed by atoms with E-state index in [1.807, 2.05) is 0 Å². The minimum absolute atomic E-state index is 0.601. The molecule has 0 radical (unpaired) electrons. The van der Waals surface area contributed by atoms with Crippen LogP contribution in [0.5, 0.6) is 0 Å². The molecule has 0 bridgehead atoms. The van der Waals surface area contributed by atoms with Crippen molar-refractivity contribution in [3.05, 3.63) is 0 Å². The summed E-state index contributed by atoms with van der Waals surface area (Å²) in [7, 11) is 0.896. The highest BCUT2D eigenvalue weighted by Gasteiger charge is 2.26. The van der Waals surface area contributed by atoms with Gasteiger partial charge < -0.3 is 4.43 Å². The maximum Gasteiger partial charge on any atom is 0.145 e. The van der Waals surface area contributed by atoms with Gasteiger partial charge in [0.2, 0.25) is 0 Å². The molecule has 0 heterocycles. The van der Waals surface area contributed by atoms with Gasteiger partial charge in [0.25, 0.3) is 0 Å². The monoisotopic (exact) mass is 230 g/mol. The Morgan fingerprint density at radius 1 is 0.867 bits per heavy atom. The fraction of sp³-hybridized carbons (Fsp3) is 1.00. The molecule has 0 spiro atoms. The molecule has 0 rings (SSSR count). The summed E-state index contributed by atoms with van der Waals surface area (Å²) in [6, 6.07) is 0. The third-order valence-electron chi connectivity index (χ3n) is 3.46. The molecule has 0 saturated heterocycles. The highest BCUT2D eigenvalue weighted by molar-refractivity contribution is 5.97. The highest BCUT2D eigenvalue weighted by atomic mass is 28.2. The van der Waals surface area contributed by atoms with E-state index in [1.165, 1.54) is 51.4 Å². The van der Waals surface area contributed by atoms with E-state index in [0.717, 1.165) is 17.1 Å². The van der Waals surface area contributed by atoms with Gasteiger partial charge in [-0.2, -0.15) is 0 Å². The molecule has 0 aliphatic heterocycles. The molecular weight excluding hydrogens is 200 g/mol. The van der Waals surface area contributed by atoms with Gasteiger partial charge in [-0.15, -0.1) is 0 Å². The van der Waals surface area contributed by atoms with E-state index in [2.05, 4.69) is 20.8 Å². The Labute approximate surface area is 99.5 Å². The van der Waals surface area contributed by atoms with Gasteiger partial charge in [-0.1, -0.05) is 46.5 Å². The molecule has 15 heavy (non-hydrogen) atoms. The minimum Gasteiger partial charge on any atom is -0.428 e. The molecule has 0 unspecified atom stereocenters. The second-order valence-electron chi connectivity index (χ2n) is 4.85. The van der Waals surface area contributed by atoms with Crippen LogP contribution in [0.2, 0.25) is 0 Å². The quantitative estimate of drug-likeness (QED) is 0.522. The second kappa shape index (κ2) is 9.41. The van der Waals surface area contributed by atoms with Crippen LogP contribution in [0.15, 0.2) is 0 Å². The predicted octanol–water partition coefficient (Wildman–Crippen LogP) is 3.45. The number of hydrogen-bond acceptors (Lipinski definition) is 1. The Hall–Kier alpha value is 0.177. The molecule has 0 aromatic rings. The second-order valence-corrected chi connectivity index (χ2v) is 5.42. The van der Waals surface area contributed by atoms with Gasteiger partial charge in [-0.3, -0.25) is 0 Å². The normalized spacial score (nSPS) is 12.2. The van der Waals surface area contributed by atoms with Crippen LogP contribution in [0.3, 0.4) is 0 Å². The van der Waals surface area contributed by atoms with E-state index < -0.39 is 0 Å². The Kier molecular flexibility index (Phi) is 9.52. The van der Waals surface area contributed by atoms with E-state index in [9.17, 15) is 0 Å². The first-order chi connectivity index (χ1) is 7.24. The maximum absolute atomic E-state index is 5.41. The van der Waals surface area contributed by atoms with Gasteiger partial charge in [0, 0.05) is 6.61 Å².